The first-order valence-electron chi connectivity index (χ1n) is 5.17. The van der Waals surface area contributed by atoms with Crippen molar-refractivity contribution in [2.24, 2.45) is 0 Å². The lowest BCUT2D eigenvalue weighted by molar-refractivity contribution is -0.282. The van der Waals surface area contributed by atoms with Crippen molar-refractivity contribution in [3.63, 3.8) is 0 Å². The van der Waals surface area contributed by atoms with Gasteiger partial charge in [-0.15, -0.1) is 0 Å². The molecular weight excluding hydrogens is 184 g/mol. The summed E-state index contributed by atoms with van der Waals surface area (Å²) in [6.07, 6.45) is -1.07. The lowest BCUT2D eigenvalue weighted by Gasteiger charge is -2.36. The molecule has 2 N–H and O–H groups in total. The van der Waals surface area contributed by atoms with E-state index in [1.165, 1.54) is 0 Å². The number of hydrogen-bond acceptors (Lipinski definition) is 4. The summed E-state index contributed by atoms with van der Waals surface area (Å²) in [6.45, 7) is 7.82. The van der Waals surface area contributed by atoms with Crippen molar-refractivity contribution in [3.05, 3.63) is 0 Å². The van der Waals surface area contributed by atoms with Crippen LogP contribution in [0, 0.1) is 0 Å². The van der Waals surface area contributed by atoms with E-state index < -0.39 is 18.0 Å². The average Bonchev–Trinajstić information content (AvgIpc) is 2.14. The number of ether oxygens (including phenoxy) is 2. The first-order chi connectivity index (χ1) is 6.51. The second-order valence-corrected chi connectivity index (χ2v) is 3.25. The number of aliphatic hydroxyl groups excluding tert-OH is 1. The Morgan fingerprint density at radius 3 is 2.07 bits per heavy atom. The van der Waals surface area contributed by atoms with Crippen molar-refractivity contribution in [2.75, 3.05) is 13.2 Å². The van der Waals surface area contributed by atoms with E-state index in [9.17, 15) is 10.2 Å². The third kappa shape index (κ3) is 3.53. The van der Waals surface area contributed by atoms with Crippen molar-refractivity contribution in [1.82, 2.24) is 0 Å². The molecule has 4 nitrogen and oxygen atoms in total. The van der Waals surface area contributed by atoms with Crippen molar-refractivity contribution >= 4 is 0 Å². The second kappa shape index (κ2) is 6.35. The van der Waals surface area contributed by atoms with E-state index in [1.807, 2.05) is 6.92 Å². The van der Waals surface area contributed by atoms with Crippen molar-refractivity contribution in [3.8, 4) is 0 Å². The van der Waals surface area contributed by atoms with Crippen LogP contribution in [0.1, 0.15) is 34.1 Å². The monoisotopic (exact) mass is 206 g/mol. The van der Waals surface area contributed by atoms with Crippen molar-refractivity contribution < 1.29 is 19.7 Å². The van der Waals surface area contributed by atoms with E-state index in [0.29, 0.717) is 19.6 Å². The van der Waals surface area contributed by atoms with Crippen LogP contribution >= 0.6 is 0 Å². The van der Waals surface area contributed by atoms with Crippen LogP contribution in [0.4, 0.5) is 0 Å². The minimum atomic E-state index is -1.39. The molecule has 0 aliphatic heterocycles. The standard InChI is InChI=1S/C10H22O4/c1-5-10(12,14-7-3)9(8(4)11)13-6-2/h8-9,11-12H,5-7H2,1-4H3. The molecule has 0 radical (unpaired) electrons. The van der Waals surface area contributed by atoms with Gasteiger partial charge in [0.25, 0.3) is 0 Å². The van der Waals surface area contributed by atoms with Crippen LogP contribution in [-0.4, -0.2) is 41.4 Å². The van der Waals surface area contributed by atoms with Crippen LogP contribution in [0.2, 0.25) is 0 Å². The van der Waals surface area contributed by atoms with Gasteiger partial charge in [0.05, 0.1) is 6.10 Å². The van der Waals surface area contributed by atoms with Crippen LogP contribution in [0.5, 0.6) is 0 Å². The lowest BCUT2D eigenvalue weighted by atomic mass is 10.0. The zero-order chi connectivity index (χ0) is 11.2. The normalized spacial score (nSPS) is 20.1. The Labute approximate surface area is 85.8 Å². The molecule has 0 aromatic heterocycles. The number of hydrogen-bond donors (Lipinski definition) is 2. The minimum absolute atomic E-state index is 0.385. The molecule has 0 fully saturated rings. The van der Waals surface area contributed by atoms with Gasteiger partial charge in [-0.3, -0.25) is 0 Å². The first kappa shape index (κ1) is 13.8. The Kier molecular flexibility index (Phi) is 6.27. The maximum Gasteiger partial charge on any atom is 0.194 e. The predicted molar refractivity (Wildman–Crippen MR) is 54.0 cm³/mol. The van der Waals surface area contributed by atoms with Crippen LogP contribution in [0.15, 0.2) is 0 Å². The highest BCUT2D eigenvalue weighted by molar-refractivity contribution is 4.81. The molecule has 0 aromatic rings. The summed E-state index contributed by atoms with van der Waals surface area (Å²) in [5, 5.41) is 19.5. The molecule has 0 saturated heterocycles. The van der Waals surface area contributed by atoms with Gasteiger partial charge in [-0.1, -0.05) is 6.92 Å². The van der Waals surface area contributed by atoms with E-state index in [4.69, 9.17) is 9.47 Å². The quantitative estimate of drug-likeness (QED) is 0.608. The van der Waals surface area contributed by atoms with Gasteiger partial charge in [0.15, 0.2) is 5.79 Å². The van der Waals surface area contributed by atoms with E-state index >= 15 is 0 Å². The van der Waals surface area contributed by atoms with E-state index in [-0.39, 0.29) is 0 Å². The summed E-state index contributed by atoms with van der Waals surface area (Å²) in [7, 11) is 0. The largest absolute Gasteiger partial charge is 0.390 e. The molecule has 86 valence electrons. The zero-order valence-corrected chi connectivity index (χ0v) is 9.49. The molecule has 4 heteroatoms. The fourth-order valence-electron chi connectivity index (χ4n) is 1.46. The number of rotatable bonds is 7. The summed E-state index contributed by atoms with van der Waals surface area (Å²) in [5.41, 5.74) is 0. The van der Waals surface area contributed by atoms with E-state index in [0.717, 1.165) is 0 Å². The molecule has 0 aliphatic rings. The summed E-state index contributed by atoms with van der Waals surface area (Å²) in [5.74, 6) is -1.39. The van der Waals surface area contributed by atoms with E-state index in [2.05, 4.69) is 0 Å². The van der Waals surface area contributed by atoms with Gasteiger partial charge in [-0.25, -0.2) is 0 Å². The highest BCUT2D eigenvalue weighted by Gasteiger charge is 2.39. The summed E-state index contributed by atoms with van der Waals surface area (Å²) >= 11 is 0. The Morgan fingerprint density at radius 1 is 1.21 bits per heavy atom. The molecule has 0 amide bonds. The maximum absolute atomic E-state index is 10.1. The first-order valence-corrected chi connectivity index (χ1v) is 5.17. The van der Waals surface area contributed by atoms with E-state index in [1.54, 1.807) is 20.8 Å². The second-order valence-electron chi connectivity index (χ2n) is 3.25. The Morgan fingerprint density at radius 2 is 1.79 bits per heavy atom. The van der Waals surface area contributed by atoms with Crippen molar-refractivity contribution in [1.29, 1.82) is 0 Å². The SMILES string of the molecule is CCOC(C(C)O)C(O)(CC)OCC. The Balaban J connectivity index is 4.55. The molecule has 14 heavy (non-hydrogen) atoms. The third-order valence-corrected chi connectivity index (χ3v) is 2.13. The highest BCUT2D eigenvalue weighted by Crippen LogP contribution is 2.22. The van der Waals surface area contributed by atoms with Gasteiger partial charge >= 0.3 is 0 Å². The van der Waals surface area contributed by atoms with Gasteiger partial charge in [-0.2, -0.15) is 0 Å². The van der Waals surface area contributed by atoms with Crippen LogP contribution in [0.3, 0.4) is 0 Å². The van der Waals surface area contributed by atoms with Crippen LogP contribution in [0.25, 0.3) is 0 Å². The molecule has 3 unspecified atom stereocenters. The lowest BCUT2D eigenvalue weighted by Crippen LogP contribution is -2.51. The Hall–Kier alpha value is -0.160. The molecular formula is C10H22O4. The molecule has 0 saturated carbocycles. The molecule has 0 aromatic carbocycles. The number of aliphatic hydroxyl groups is 2. The summed E-state index contributed by atoms with van der Waals surface area (Å²) in [6, 6.07) is 0. The fourth-order valence-corrected chi connectivity index (χ4v) is 1.46. The Bertz CT molecular complexity index is 149. The summed E-state index contributed by atoms with van der Waals surface area (Å²) in [4.78, 5) is 0. The smallest absolute Gasteiger partial charge is 0.194 e. The molecule has 0 aliphatic carbocycles. The van der Waals surface area contributed by atoms with Gasteiger partial charge in [0.2, 0.25) is 0 Å². The topological polar surface area (TPSA) is 58.9 Å². The highest BCUT2D eigenvalue weighted by atomic mass is 16.7. The fraction of sp³-hybridized carbons (Fsp3) is 1.00. The van der Waals surface area contributed by atoms with Gasteiger partial charge < -0.3 is 19.7 Å². The molecule has 3 atom stereocenters. The van der Waals surface area contributed by atoms with Gasteiger partial charge in [0.1, 0.15) is 6.10 Å². The summed E-state index contributed by atoms with van der Waals surface area (Å²) < 4.78 is 10.5. The average molecular weight is 206 g/mol. The van der Waals surface area contributed by atoms with Gasteiger partial charge in [-0.05, 0) is 20.8 Å². The molecule has 0 spiro atoms. The molecule has 0 heterocycles. The van der Waals surface area contributed by atoms with Crippen LogP contribution < -0.4 is 0 Å². The van der Waals surface area contributed by atoms with Crippen LogP contribution in [-0.2, 0) is 9.47 Å². The molecule has 0 bridgehead atoms. The third-order valence-electron chi connectivity index (χ3n) is 2.13. The van der Waals surface area contributed by atoms with Gasteiger partial charge in [0, 0.05) is 19.6 Å². The predicted octanol–water partition coefficient (Wildman–Crippen LogP) is 0.907. The maximum atomic E-state index is 10.1. The minimum Gasteiger partial charge on any atom is -0.390 e. The van der Waals surface area contributed by atoms with Crippen molar-refractivity contribution in [2.45, 2.75) is 52.1 Å². The molecule has 0 rings (SSSR count). The zero-order valence-electron chi connectivity index (χ0n) is 9.49.